The van der Waals surface area contributed by atoms with Crippen LogP contribution in [0.2, 0.25) is 0 Å². The Morgan fingerprint density at radius 3 is 2.65 bits per heavy atom. The topological polar surface area (TPSA) is 55.4 Å². The van der Waals surface area contributed by atoms with Crippen LogP contribution in [0, 0.1) is 11.8 Å². The molecule has 0 radical (unpaired) electrons. The monoisotopic (exact) mass is 291 g/mol. The van der Waals surface area contributed by atoms with Crippen LogP contribution >= 0.6 is 11.8 Å². The second-order valence-corrected chi connectivity index (χ2v) is 4.93. The molecule has 1 atom stereocenters. The fourth-order valence-corrected chi connectivity index (χ4v) is 1.94. The van der Waals surface area contributed by atoms with E-state index < -0.39 is 17.9 Å². The maximum absolute atomic E-state index is 11.7. The highest BCUT2D eigenvalue weighted by Crippen LogP contribution is 2.02. The Kier molecular flexibility index (Phi) is 7.30. The van der Waals surface area contributed by atoms with Crippen molar-refractivity contribution in [1.82, 2.24) is 5.32 Å². The van der Waals surface area contributed by atoms with Crippen molar-refractivity contribution in [3.05, 3.63) is 35.9 Å². The number of carbonyl (C=O) groups excluding carboxylic acids is 2. The van der Waals surface area contributed by atoms with Crippen molar-refractivity contribution in [3.63, 3.8) is 0 Å². The number of hydrogen-bond donors (Lipinski definition) is 1. The lowest BCUT2D eigenvalue weighted by atomic mass is 10.2. The van der Waals surface area contributed by atoms with Crippen LogP contribution in [0.5, 0.6) is 0 Å². The summed E-state index contributed by atoms with van der Waals surface area (Å²) in [4.78, 5) is 23.2. The molecule has 0 spiro atoms. The Labute approximate surface area is 123 Å². The Hall–Kier alpha value is -1.93. The van der Waals surface area contributed by atoms with Gasteiger partial charge in [-0.25, -0.2) is 4.79 Å². The molecule has 0 aliphatic carbocycles. The summed E-state index contributed by atoms with van der Waals surface area (Å²) < 4.78 is 4.66. The van der Waals surface area contributed by atoms with E-state index >= 15 is 0 Å². The zero-order valence-electron chi connectivity index (χ0n) is 11.5. The second kappa shape index (κ2) is 9.05. The predicted octanol–water partition coefficient (Wildman–Crippen LogP) is 1.45. The van der Waals surface area contributed by atoms with Crippen molar-refractivity contribution in [3.8, 4) is 11.8 Å². The minimum Gasteiger partial charge on any atom is -0.467 e. The zero-order valence-corrected chi connectivity index (χ0v) is 12.3. The Morgan fingerprint density at radius 2 is 2.05 bits per heavy atom. The number of hydrogen-bond acceptors (Lipinski definition) is 4. The molecule has 0 aromatic heterocycles. The molecule has 0 unspecified atom stereocenters. The van der Waals surface area contributed by atoms with Crippen molar-refractivity contribution in [2.45, 2.75) is 12.5 Å². The number of thioether (sulfide) groups is 1. The van der Waals surface area contributed by atoms with Crippen LogP contribution in [0.15, 0.2) is 30.3 Å². The van der Waals surface area contributed by atoms with Gasteiger partial charge in [0.2, 0.25) is 0 Å². The molecule has 0 saturated carbocycles. The van der Waals surface area contributed by atoms with E-state index in [9.17, 15) is 9.59 Å². The largest absolute Gasteiger partial charge is 0.467 e. The average Bonchev–Trinajstić information content (AvgIpc) is 2.49. The number of amides is 1. The maximum atomic E-state index is 11.7. The highest BCUT2D eigenvalue weighted by Gasteiger charge is 2.19. The molecule has 0 aliphatic rings. The van der Waals surface area contributed by atoms with Gasteiger partial charge in [0.25, 0.3) is 5.91 Å². The van der Waals surface area contributed by atoms with Gasteiger partial charge in [0.05, 0.1) is 7.11 Å². The van der Waals surface area contributed by atoms with Gasteiger partial charge in [0.15, 0.2) is 0 Å². The number of rotatable bonds is 5. The average molecular weight is 291 g/mol. The molecule has 1 aromatic carbocycles. The Bertz CT molecular complexity index is 505. The van der Waals surface area contributed by atoms with Gasteiger partial charge in [-0.2, -0.15) is 11.8 Å². The van der Waals surface area contributed by atoms with E-state index in [4.69, 9.17) is 0 Å². The first-order valence-electron chi connectivity index (χ1n) is 6.11. The van der Waals surface area contributed by atoms with Crippen LogP contribution in [0.1, 0.15) is 12.0 Å². The molecule has 1 aromatic rings. The lowest BCUT2D eigenvalue weighted by molar-refractivity contribution is -0.144. The van der Waals surface area contributed by atoms with E-state index in [1.807, 2.05) is 36.6 Å². The first-order chi connectivity index (χ1) is 9.67. The summed E-state index contributed by atoms with van der Waals surface area (Å²) >= 11 is 1.60. The van der Waals surface area contributed by atoms with E-state index in [2.05, 4.69) is 21.9 Å². The van der Waals surface area contributed by atoms with Gasteiger partial charge >= 0.3 is 5.97 Å². The zero-order chi connectivity index (χ0) is 14.8. The summed E-state index contributed by atoms with van der Waals surface area (Å²) in [6.45, 7) is 0. The number of carbonyl (C=O) groups is 2. The lowest BCUT2D eigenvalue weighted by Crippen LogP contribution is -2.41. The van der Waals surface area contributed by atoms with Crippen molar-refractivity contribution in [2.24, 2.45) is 0 Å². The van der Waals surface area contributed by atoms with Crippen molar-refractivity contribution < 1.29 is 14.3 Å². The summed E-state index contributed by atoms with van der Waals surface area (Å²) in [5.74, 6) is 5.04. The van der Waals surface area contributed by atoms with Crippen LogP contribution in [-0.2, 0) is 14.3 Å². The van der Waals surface area contributed by atoms with Crippen LogP contribution in [-0.4, -0.2) is 37.0 Å². The van der Waals surface area contributed by atoms with Crippen molar-refractivity contribution in [2.75, 3.05) is 19.1 Å². The Balaban J connectivity index is 2.62. The molecule has 4 nitrogen and oxygen atoms in total. The number of ether oxygens (including phenoxy) is 1. The summed E-state index contributed by atoms with van der Waals surface area (Å²) in [5.41, 5.74) is 0.751. The summed E-state index contributed by atoms with van der Waals surface area (Å²) in [5, 5.41) is 2.57. The van der Waals surface area contributed by atoms with Gasteiger partial charge in [-0.3, -0.25) is 4.79 Å². The quantitative estimate of drug-likeness (QED) is 0.659. The normalized spacial score (nSPS) is 10.9. The molecule has 20 heavy (non-hydrogen) atoms. The number of methoxy groups -OCH3 is 1. The maximum Gasteiger partial charge on any atom is 0.328 e. The molecule has 0 saturated heterocycles. The standard InChI is InChI=1S/C15H17NO3S/c1-19-15(18)13(10-11-20-2)16-14(17)9-8-12-6-4-3-5-7-12/h3-7,13H,10-11H2,1-2H3,(H,16,17)/t13-/m0/s1. The molecule has 106 valence electrons. The number of nitrogens with one attached hydrogen (secondary N) is 1. The molecular formula is C15H17NO3S. The first-order valence-corrected chi connectivity index (χ1v) is 7.51. The molecule has 0 aliphatic heterocycles. The van der Waals surface area contributed by atoms with E-state index in [0.29, 0.717) is 6.42 Å². The highest BCUT2D eigenvalue weighted by atomic mass is 32.2. The van der Waals surface area contributed by atoms with Gasteiger partial charge in [-0.05, 0) is 30.6 Å². The molecule has 0 heterocycles. The third-order valence-electron chi connectivity index (χ3n) is 2.50. The molecule has 1 rings (SSSR count). The third-order valence-corrected chi connectivity index (χ3v) is 3.14. The van der Waals surface area contributed by atoms with Gasteiger partial charge in [0.1, 0.15) is 6.04 Å². The van der Waals surface area contributed by atoms with E-state index in [-0.39, 0.29) is 0 Å². The van der Waals surface area contributed by atoms with Crippen molar-refractivity contribution >= 4 is 23.6 Å². The molecule has 1 amide bonds. The minimum atomic E-state index is -0.648. The highest BCUT2D eigenvalue weighted by molar-refractivity contribution is 7.98. The number of esters is 1. The molecule has 0 fully saturated rings. The van der Waals surface area contributed by atoms with Gasteiger partial charge in [0, 0.05) is 11.5 Å². The smallest absolute Gasteiger partial charge is 0.328 e. The third kappa shape index (κ3) is 5.81. The van der Waals surface area contributed by atoms with Gasteiger partial charge in [-0.15, -0.1) is 0 Å². The van der Waals surface area contributed by atoms with Gasteiger partial charge < -0.3 is 10.1 Å². The molecule has 5 heteroatoms. The minimum absolute atomic E-state index is 0.450. The van der Waals surface area contributed by atoms with Crippen molar-refractivity contribution in [1.29, 1.82) is 0 Å². The van der Waals surface area contributed by atoms with E-state index in [0.717, 1.165) is 11.3 Å². The van der Waals surface area contributed by atoms with Crippen LogP contribution in [0.25, 0.3) is 0 Å². The lowest BCUT2D eigenvalue weighted by Gasteiger charge is -2.13. The van der Waals surface area contributed by atoms with Gasteiger partial charge in [-0.1, -0.05) is 24.1 Å². The second-order valence-electron chi connectivity index (χ2n) is 3.95. The van der Waals surface area contributed by atoms with Crippen LogP contribution < -0.4 is 5.32 Å². The molecular weight excluding hydrogens is 274 g/mol. The molecule has 1 N–H and O–H groups in total. The summed E-state index contributed by atoms with van der Waals surface area (Å²) in [6, 6.07) is 8.54. The van der Waals surface area contributed by atoms with Crippen LogP contribution in [0.4, 0.5) is 0 Å². The van der Waals surface area contributed by atoms with E-state index in [1.54, 1.807) is 11.8 Å². The fourth-order valence-electron chi connectivity index (χ4n) is 1.47. The Morgan fingerprint density at radius 1 is 1.35 bits per heavy atom. The SMILES string of the molecule is COC(=O)[C@H](CCSC)NC(=O)C#Cc1ccccc1. The van der Waals surface area contributed by atoms with E-state index in [1.165, 1.54) is 7.11 Å². The summed E-state index contributed by atoms with van der Waals surface area (Å²) in [7, 11) is 1.30. The predicted molar refractivity (Wildman–Crippen MR) is 80.3 cm³/mol. The number of benzene rings is 1. The first kappa shape index (κ1) is 16.1. The fraction of sp³-hybridized carbons (Fsp3) is 0.333. The van der Waals surface area contributed by atoms with Crippen LogP contribution in [0.3, 0.4) is 0 Å². The summed E-state index contributed by atoms with van der Waals surface area (Å²) in [6.07, 6.45) is 2.46. The molecule has 0 bridgehead atoms.